The first-order valence-corrected chi connectivity index (χ1v) is 5.34. The van der Waals surface area contributed by atoms with Gasteiger partial charge in [0.1, 0.15) is 6.42 Å². The lowest BCUT2D eigenvalue weighted by Gasteiger charge is -2.28. The minimum atomic E-state index is -4.45. The predicted octanol–water partition coefficient (Wildman–Crippen LogP) is 2.61. The molecule has 0 spiro atoms. The van der Waals surface area contributed by atoms with E-state index in [1.807, 2.05) is 0 Å². The standard InChI is InChI=1S/C9H13ClF3NO/c10-6-8(3-1-2-4-8)14-7(15)5-9(11,12)13/h1-6H2,(H,14,15). The molecule has 0 aromatic carbocycles. The van der Waals surface area contributed by atoms with Crippen LogP contribution in [-0.2, 0) is 4.79 Å². The Labute approximate surface area is 91.2 Å². The first-order chi connectivity index (χ1) is 6.87. The van der Waals surface area contributed by atoms with Crippen LogP contribution in [-0.4, -0.2) is 23.5 Å². The molecule has 0 heterocycles. The van der Waals surface area contributed by atoms with Gasteiger partial charge in [0.15, 0.2) is 0 Å². The summed E-state index contributed by atoms with van der Waals surface area (Å²) in [7, 11) is 0. The van der Waals surface area contributed by atoms with Crippen LogP contribution in [0, 0.1) is 0 Å². The molecule has 1 rings (SSSR count). The van der Waals surface area contributed by atoms with E-state index in [1.165, 1.54) is 0 Å². The van der Waals surface area contributed by atoms with Crippen LogP contribution in [0.15, 0.2) is 0 Å². The van der Waals surface area contributed by atoms with Gasteiger partial charge in [0, 0.05) is 5.88 Å². The molecule has 0 saturated heterocycles. The van der Waals surface area contributed by atoms with Crippen molar-refractivity contribution in [1.82, 2.24) is 5.32 Å². The van der Waals surface area contributed by atoms with Gasteiger partial charge in [0.2, 0.25) is 5.91 Å². The van der Waals surface area contributed by atoms with Gasteiger partial charge in [0.25, 0.3) is 0 Å². The predicted molar refractivity (Wildman–Crippen MR) is 50.7 cm³/mol. The van der Waals surface area contributed by atoms with E-state index < -0.39 is 24.0 Å². The summed E-state index contributed by atoms with van der Waals surface area (Å²) in [4.78, 5) is 11.1. The normalized spacial score (nSPS) is 20.3. The number of carbonyl (C=O) groups is 1. The van der Waals surface area contributed by atoms with Gasteiger partial charge in [-0.1, -0.05) is 12.8 Å². The maximum atomic E-state index is 11.9. The van der Waals surface area contributed by atoms with Crippen LogP contribution in [0.3, 0.4) is 0 Å². The van der Waals surface area contributed by atoms with E-state index in [1.54, 1.807) is 0 Å². The quantitative estimate of drug-likeness (QED) is 0.759. The highest BCUT2D eigenvalue weighted by Crippen LogP contribution is 2.31. The second-order valence-corrected chi connectivity index (χ2v) is 4.23. The van der Waals surface area contributed by atoms with Gasteiger partial charge >= 0.3 is 6.18 Å². The number of halogens is 4. The van der Waals surface area contributed by atoms with Gasteiger partial charge < -0.3 is 5.32 Å². The zero-order chi connectivity index (χ0) is 11.5. The highest BCUT2D eigenvalue weighted by molar-refractivity contribution is 6.18. The maximum absolute atomic E-state index is 11.9. The number of hydrogen-bond donors (Lipinski definition) is 1. The fraction of sp³-hybridized carbons (Fsp3) is 0.889. The molecule has 1 saturated carbocycles. The Kier molecular flexibility index (Phi) is 3.87. The topological polar surface area (TPSA) is 29.1 Å². The summed E-state index contributed by atoms with van der Waals surface area (Å²) < 4.78 is 35.7. The number of hydrogen-bond acceptors (Lipinski definition) is 1. The van der Waals surface area contributed by atoms with Crippen LogP contribution in [0.5, 0.6) is 0 Å². The van der Waals surface area contributed by atoms with Crippen molar-refractivity contribution in [3.05, 3.63) is 0 Å². The highest BCUT2D eigenvalue weighted by Gasteiger charge is 2.38. The molecule has 1 aliphatic rings. The second-order valence-electron chi connectivity index (χ2n) is 3.96. The van der Waals surface area contributed by atoms with Crippen molar-refractivity contribution in [1.29, 1.82) is 0 Å². The summed E-state index contributed by atoms with van der Waals surface area (Å²) in [5.74, 6) is -0.804. The first kappa shape index (κ1) is 12.6. The molecular weight excluding hydrogens is 231 g/mol. The third-order valence-electron chi connectivity index (χ3n) is 2.58. The number of rotatable bonds is 3. The van der Waals surface area contributed by atoms with Gasteiger partial charge in [0.05, 0.1) is 5.54 Å². The Hall–Kier alpha value is -0.450. The SMILES string of the molecule is O=C(CC(F)(F)F)NC1(CCl)CCCC1. The molecule has 6 heteroatoms. The smallest absolute Gasteiger partial charge is 0.349 e. The summed E-state index contributed by atoms with van der Waals surface area (Å²) in [5.41, 5.74) is -0.607. The Balaban J connectivity index is 2.49. The lowest BCUT2D eigenvalue weighted by molar-refractivity contribution is -0.154. The van der Waals surface area contributed by atoms with E-state index in [0.717, 1.165) is 12.8 Å². The molecule has 0 radical (unpaired) electrons. The van der Waals surface area contributed by atoms with Gasteiger partial charge in [-0.15, -0.1) is 11.6 Å². The Morgan fingerprint density at radius 3 is 2.27 bits per heavy atom. The van der Waals surface area contributed by atoms with E-state index in [-0.39, 0.29) is 5.88 Å². The third-order valence-corrected chi connectivity index (χ3v) is 3.09. The molecule has 0 aromatic rings. The molecule has 0 aliphatic heterocycles. The molecule has 0 aromatic heterocycles. The van der Waals surface area contributed by atoms with Crippen molar-refractivity contribution >= 4 is 17.5 Å². The van der Waals surface area contributed by atoms with Crippen molar-refractivity contribution in [3.8, 4) is 0 Å². The van der Waals surface area contributed by atoms with Crippen LogP contribution >= 0.6 is 11.6 Å². The molecular formula is C9H13ClF3NO. The van der Waals surface area contributed by atoms with E-state index in [9.17, 15) is 18.0 Å². The largest absolute Gasteiger partial charge is 0.397 e. The molecule has 0 unspecified atom stereocenters. The Morgan fingerprint density at radius 2 is 1.87 bits per heavy atom. The fourth-order valence-corrected chi connectivity index (χ4v) is 2.20. The van der Waals surface area contributed by atoms with Gasteiger partial charge in [-0.05, 0) is 12.8 Å². The van der Waals surface area contributed by atoms with Crippen molar-refractivity contribution in [2.24, 2.45) is 0 Å². The van der Waals surface area contributed by atoms with Crippen molar-refractivity contribution in [3.63, 3.8) is 0 Å². The molecule has 1 N–H and O–H groups in total. The Morgan fingerprint density at radius 1 is 1.33 bits per heavy atom. The zero-order valence-electron chi connectivity index (χ0n) is 8.16. The minimum absolute atomic E-state index is 0.177. The van der Waals surface area contributed by atoms with E-state index in [4.69, 9.17) is 11.6 Å². The lowest BCUT2D eigenvalue weighted by atomic mass is 10.0. The molecule has 1 amide bonds. The highest BCUT2D eigenvalue weighted by atomic mass is 35.5. The van der Waals surface area contributed by atoms with Crippen molar-refractivity contribution < 1.29 is 18.0 Å². The van der Waals surface area contributed by atoms with Crippen molar-refractivity contribution in [2.75, 3.05) is 5.88 Å². The maximum Gasteiger partial charge on any atom is 0.397 e. The summed E-state index contributed by atoms with van der Waals surface area (Å²) in [5, 5.41) is 2.41. The zero-order valence-corrected chi connectivity index (χ0v) is 8.92. The second kappa shape index (κ2) is 4.60. The van der Waals surface area contributed by atoms with E-state index in [0.29, 0.717) is 12.8 Å². The van der Waals surface area contributed by atoms with Gasteiger partial charge in [-0.25, -0.2) is 0 Å². The Bertz CT molecular complexity index is 236. The average molecular weight is 244 g/mol. The first-order valence-electron chi connectivity index (χ1n) is 4.81. The summed E-state index contributed by atoms with van der Waals surface area (Å²) in [6.07, 6.45) is -2.74. The van der Waals surface area contributed by atoms with Crippen LogP contribution in [0.2, 0.25) is 0 Å². The molecule has 1 aliphatic carbocycles. The molecule has 15 heavy (non-hydrogen) atoms. The third kappa shape index (κ3) is 3.89. The van der Waals surface area contributed by atoms with Crippen LogP contribution in [0.4, 0.5) is 13.2 Å². The molecule has 0 bridgehead atoms. The number of alkyl halides is 4. The van der Waals surface area contributed by atoms with Crippen LogP contribution < -0.4 is 5.32 Å². The molecule has 1 fully saturated rings. The number of amides is 1. The number of nitrogens with one attached hydrogen (secondary N) is 1. The molecule has 0 atom stereocenters. The van der Waals surface area contributed by atoms with Crippen LogP contribution in [0.1, 0.15) is 32.1 Å². The monoisotopic (exact) mass is 243 g/mol. The van der Waals surface area contributed by atoms with Crippen molar-refractivity contribution in [2.45, 2.75) is 43.8 Å². The van der Waals surface area contributed by atoms with Gasteiger partial charge in [-0.2, -0.15) is 13.2 Å². The fourth-order valence-electron chi connectivity index (χ4n) is 1.87. The average Bonchev–Trinajstić information content (AvgIpc) is 2.50. The summed E-state index contributed by atoms with van der Waals surface area (Å²) in [6, 6.07) is 0. The summed E-state index contributed by atoms with van der Waals surface area (Å²) in [6.45, 7) is 0. The van der Waals surface area contributed by atoms with E-state index in [2.05, 4.69) is 5.32 Å². The number of carbonyl (C=O) groups excluding carboxylic acids is 1. The van der Waals surface area contributed by atoms with E-state index >= 15 is 0 Å². The lowest BCUT2D eigenvalue weighted by Crippen LogP contribution is -2.48. The minimum Gasteiger partial charge on any atom is -0.349 e. The molecule has 88 valence electrons. The van der Waals surface area contributed by atoms with Gasteiger partial charge in [-0.3, -0.25) is 4.79 Å². The summed E-state index contributed by atoms with van der Waals surface area (Å²) >= 11 is 5.68. The van der Waals surface area contributed by atoms with Crippen LogP contribution in [0.25, 0.3) is 0 Å². The molecule has 2 nitrogen and oxygen atoms in total.